The Balaban J connectivity index is 1.60. The van der Waals surface area contributed by atoms with E-state index in [9.17, 15) is 22.4 Å². The predicted molar refractivity (Wildman–Crippen MR) is 110 cm³/mol. The summed E-state index contributed by atoms with van der Waals surface area (Å²) in [6, 6.07) is 6.04. The van der Waals surface area contributed by atoms with Crippen molar-refractivity contribution in [2.24, 2.45) is 7.05 Å². The Labute approximate surface area is 184 Å². The zero-order valence-electron chi connectivity index (χ0n) is 17.5. The zero-order chi connectivity index (χ0) is 23.8. The summed E-state index contributed by atoms with van der Waals surface area (Å²) in [4.78, 5) is 20.8. The minimum Gasteiger partial charge on any atom is -0.423 e. The molecule has 0 atom stereocenters. The van der Waals surface area contributed by atoms with Gasteiger partial charge in [0.05, 0.1) is 16.6 Å². The molecule has 4 aromatic rings. The van der Waals surface area contributed by atoms with Gasteiger partial charge in [0.2, 0.25) is 5.95 Å². The van der Waals surface area contributed by atoms with Gasteiger partial charge in [-0.3, -0.25) is 10.1 Å². The van der Waals surface area contributed by atoms with Crippen molar-refractivity contribution in [2.45, 2.75) is 19.2 Å². The average molecular weight is 466 g/mol. The molecule has 4 rings (SSSR count). The number of ketones is 1. The molecule has 0 radical (unpaired) electrons. The molecule has 0 fully saturated rings. The second kappa shape index (κ2) is 8.70. The number of nitrogens with zero attached hydrogens (tertiary/aromatic N) is 3. The number of anilines is 2. The number of oxazole rings is 1. The molecule has 0 bridgehead atoms. The van der Waals surface area contributed by atoms with Crippen molar-refractivity contribution in [2.75, 3.05) is 19.0 Å². The molecule has 0 saturated carbocycles. The summed E-state index contributed by atoms with van der Waals surface area (Å²) in [7, 11) is 3.14. The summed E-state index contributed by atoms with van der Waals surface area (Å²) >= 11 is 0. The standard InChI is InChI=1S/C21H18F4N4O4/c1-29-16-10-13(22)12(17(30)4-3-7-31-2)9-15(16)26-19(29)28-20-27-14-6-5-11(8-18(14)32-20)33-21(23,24)25/h5-6,8-10H,3-4,7H2,1-2H3,(H,26,27,28). The fourth-order valence-electron chi connectivity index (χ4n) is 3.30. The number of nitrogens with one attached hydrogen (secondary N) is 1. The van der Waals surface area contributed by atoms with Crippen molar-refractivity contribution in [1.29, 1.82) is 0 Å². The number of alkyl halides is 3. The van der Waals surface area contributed by atoms with Crippen LogP contribution < -0.4 is 10.1 Å². The van der Waals surface area contributed by atoms with Crippen LogP contribution in [-0.2, 0) is 11.8 Å². The molecule has 0 aliphatic heterocycles. The first-order chi connectivity index (χ1) is 15.6. The molecule has 174 valence electrons. The number of rotatable bonds is 8. The van der Waals surface area contributed by atoms with Crippen LogP contribution in [0.5, 0.6) is 5.75 Å². The minimum atomic E-state index is -4.83. The highest BCUT2D eigenvalue weighted by molar-refractivity contribution is 5.99. The monoisotopic (exact) mass is 466 g/mol. The number of hydrogen-bond acceptors (Lipinski definition) is 7. The molecule has 33 heavy (non-hydrogen) atoms. The maximum absolute atomic E-state index is 14.6. The largest absolute Gasteiger partial charge is 0.573 e. The fraction of sp³-hybridized carbons (Fsp3) is 0.286. The van der Waals surface area contributed by atoms with Gasteiger partial charge in [-0.05, 0) is 24.6 Å². The van der Waals surface area contributed by atoms with Crippen LogP contribution >= 0.6 is 0 Å². The third-order valence-electron chi connectivity index (χ3n) is 4.83. The van der Waals surface area contributed by atoms with Crippen LogP contribution in [0.25, 0.3) is 22.1 Å². The number of aryl methyl sites for hydroxylation is 1. The van der Waals surface area contributed by atoms with E-state index in [4.69, 9.17) is 9.15 Å². The van der Waals surface area contributed by atoms with Gasteiger partial charge in [0.25, 0.3) is 0 Å². The van der Waals surface area contributed by atoms with Gasteiger partial charge in [0.15, 0.2) is 11.4 Å². The van der Waals surface area contributed by atoms with E-state index in [1.165, 1.54) is 29.9 Å². The zero-order valence-corrected chi connectivity index (χ0v) is 17.5. The number of carbonyl (C=O) groups is 1. The Bertz CT molecular complexity index is 1330. The Morgan fingerprint density at radius 2 is 1.97 bits per heavy atom. The number of hydrogen-bond donors (Lipinski definition) is 1. The third kappa shape index (κ3) is 4.90. The van der Waals surface area contributed by atoms with Crippen molar-refractivity contribution >= 4 is 39.9 Å². The maximum atomic E-state index is 14.6. The normalized spacial score (nSPS) is 11.9. The lowest BCUT2D eigenvalue weighted by molar-refractivity contribution is -0.274. The van der Waals surface area contributed by atoms with Crippen molar-refractivity contribution in [1.82, 2.24) is 14.5 Å². The molecule has 1 N–H and O–H groups in total. The molecule has 12 heteroatoms. The summed E-state index contributed by atoms with van der Waals surface area (Å²) in [6.45, 7) is 0.390. The minimum absolute atomic E-state index is 0.0381. The number of fused-ring (bicyclic) bond motifs is 2. The van der Waals surface area contributed by atoms with E-state index in [2.05, 4.69) is 20.0 Å². The van der Waals surface area contributed by atoms with Gasteiger partial charge in [-0.15, -0.1) is 13.2 Å². The summed E-state index contributed by atoms with van der Waals surface area (Å²) in [5.41, 5.74) is 1.07. The van der Waals surface area contributed by atoms with Gasteiger partial charge in [-0.2, -0.15) is 4.98 Å². The Hall–Kier alpha value is -3.67. The molecule has 0 amide bonds. The Morgan fingerprint density at radius 1 is 1.18 bits per heavy atom. The molecule has 8 nitrogen and oxygen atoms in total. The lowest BCUT2D eigenvalue weighted by Gasteiger charge is -2.07. The number of ether oxygens (including phenoxy) is 2. The average Bonchev–Trinajstić information content (AvgIpc) is 3.26. The molecule has 0 aliphatic rings. The summed E-state index contributed by atoms with van der Waals surface area (Å²) in [5.74, 6) is -1.24. The van der Waals surface area contributed by atoms with E-state index in [1.807, 2.05) is 0 Å². The SMILES string of the molecule is COCCCC(=O)c1cc2nc(Nc3nc4ccc(OC(F)(F)F)cc4o3)n(C)c2cc1F. The fourth-order valence-corrected chi connectivity index (χ4v) is 3.30. The molecule has 0 spiro atoms. The molecule has 2 aromatic carbocycles. The van der Waals surface area contributed by atoms with Crippen LogP contribution in [0.2, 0.25) is 0 Å². The van der Waals surface area contributed by atoms with Crippen molar-refractivity contribution < 1.29 is 36.2 Å². The van der Waals surface area contributed by atoms with E-state index in [1.54, 1.807) is 7.05 Å². The van der Waals surface area contributed by atoms with E-state index < -0.39 is 17.9 Å². The highest BCUT2D eigenvalue weighted by Crippen LogP contribution is 2.30. The highest BCUT2D eigenvalue weighted by Gasteiger charge is 2.31. The molecule has 2 aromatic heterocycles. The first-order valence-electron chi connectivity index (χ1n) is 9.76. The summed E-state index contributed by atoms with van der Waals surface area (Å²) in [6.07, 6.45) is -4.23. The number of carbonyl (C=O) groups excluding carboxylic acids is 1. The number of benzene rings is 2. The van der Waals surface area contributed by atoms with Crippen molar-refractivity contribution in [3.63, 3.8) is 0 Å². The highest BCUT2D eigenvalue weighted by atomic mass is 19.4. The van der Waals surface area contributed by atoms with Crippen LogP contribution in [0.15, 0.2) is 34.7 Å². The number of aromatic nitrogens is 3. The number of methoxy groups -OCH3 is 1. The lowest BCUT2D eigenvalue weighted by atomic mass is 10.1. The van der Waals surface area contributed by atoms with Gasteiger partial charge in [-0.25, -0.2) is 9.37 Å². The van der Waals surface area contributed by atoms with Gasteiger partial charge in [0, 0.05) is 39.3 Å². The summed E-state index contributed by atoms with van der Waals surface area (Å²) in [5, 5.41) is 2.82. The lowest BCUT2D eigenvalue weighted by Crippen LogP contribution is -2.16. The van der Waals surface area contributed by atoms with Crippen LogP contribution in [0.3, 0.4) is 0 Å². The Kier molecular flexibility index (Phi) is 5.93. The van der Waals surface area contributed by atoms with E-state index >= 15 is 0 Å². The first kappa shape index (κ1) is 22.5. The topological polar surface area (TPSA) is 91.4 Å². The van der Waals surface area contributed by atoms with Gasteiger partial charge >= 0.3 is 12.4 Å². The van der Waals surface area contributed by atoms with Crippen molar-refractivity contribution in [3.8, 4) is 5.75 Å². The quantitative estimate of drug-likeness (QED) is 0.219. The number of Topliss-reactive ketones (excluding diaryl/α,β-unsaturated/α-hetero) is 1. The van der Waals surface area contributed by atoms with E-state index in [0.717, 1.165) is 12.1 Å². The first-order valence-corrected chi connectivity index (χ1v) is 9.76. The van der Waals surface area contributed by atoms with E-state index in [-0.39, 0.29) is 35.3 Å². The third-order valence-corrected chi connectivity index (χ3v) is 4.83. The Morgan fingerprint density at radius 3 is 2.70 bits per heavy atom. The van der Waals surface area contributed by atoms with E-state index in [0.29, 0.717) is 29.6 Å². The molecular formula is C21H18F4N4O4. The molecule has 0 saturated heterocycles. The maximum Gasteiger partial charge on any atom is 0.573 e. The van der Waals surface area contributed by atoms with Gasteiger partial charge < -0.3 is 18.5 Å². The number of halogens is 4. The number of imidazole rings is 1. The smallest absolute Gasteiger partial charge is 0.423 e. The van der Waals surface area contributed by atoms with Crippen molar-refractivity contribution in [3.05, 3.63) is 41.7 Å². The van der Waals surface area contributed by atoms with Gasteiger partial charge in [0.1, 0.15) is 17.1 Å². The van der Waals surface area contributed by atoms with Crippen LogP contribution in [-0.4, -0.2) is 40.4 Å². The molecule has 0 unspecified atom stereocenters. The summed E-state index contributed by atoms with van der Waals surface area (Å²) < 4.78 is 67.6. The van der Waals surface area contributed by atoms with Crippen LogP contribution in [0.1, 0.15) is 23.2 Å². The second-order valence-electron chi connectivity index (χ2n) is 7.16. The predicted octanol–water partition coefficient (Wildman–Crippen LogP) is 5.11. The molecule has 2 heterocycles. The molecule has 0 aliphatic carbocycles. The molecular weight excluding hydrogens is 448 g/mol. The van der Waals surface area contributed by atoms with Gasteiger partial charge in [-0.1, -0.05) is 0 Å². The van der Waals surface area contributed by atoms with Crippen LogP contribution in [0, 0.1) is 5.82 Å². The second-order valence-corrected chi connectivity index (χ2v) is 7.16. The van der Waals surface area contributed by atoms with Crippen LogP contribution in [0.4, 0.5) is 29.5 Å².